The highest BCUT2D eigenvalue weighted by molar-refractivity contribution is 7.86. The van der Waals surface area contributed by atoms with E-state index in [-0.39, 0.29) is 17.2 Å². The zero-order valence-electron chi connectivity index (χ0n) is 17.6. The highest BCUT2D eigenvalue weighted by atomic mass is 32.2. The van der Waals surface area contributed by atoms with Crippen LogP contribution in [-0.4, -0.2) is 63.3 Å². The Hall–Kier alpha value is -1.64. The van der Waals surface area contributed by atoms with E-state index in [9.17, 15) is 13.2 Å². The van der Waals surface area contributed by atoms with Crippen LogP contribution in [0.1, 0.15) is 39.2 Å². The van der Waals surface area contributed by atoms with Crippen LogP contribution in [0.4, 0.5) is 0 Å². The molecule has 1 fully saturated rings. The van der Waals surface area contributed by atoms with Gasteiger partial charge in [0.15, 0.2) is 0 Å². The SMILES string of the molecule is CN(C)S(=O)(=O)N1CCC(C(=O)NCCOc2ccccc2C(C)(C)C)CC1. The molecule has 28 heavy (non-hydrogen) atoms. The molecule has 0 saturated carbocycles. The number of rotatable bonds is 7. The highest BCUT2D eigenvalue weighted by Crippen LogP contribution is 2.30. The summed E-state index contributed by atoms with van der Waals surface area (Å²) in [5.41, 5.74) is 1.12. The lowest BCUT2D eigenvalue weighted by atomic mass is 9.86. The van der Waals surface area contributed by atoms with Gasteiger partial charge in [-0.1, -0.05) is 39.0 Å². The van der Waals surface area contributed by atoms with Gasteiger partial charge in [0.1, 0.15) is 12.4 Å². The minimum atomic E-state index is -3.40. The summed E-state index contributed by atoms with van der Waals surface area (Å²) in [4.78, 5) is 12.4. The van der Waals surface area contributed by atoms with Crippen molar-refractivity contribution in [3.63, 3.8) is 0 Å². The number of hydrogen-bond acceptors (Lipinski definition) is 4. The lowest BCUT2D eigenvalue weighted by molar-refractivity contribution is -0.126. The van der Waals surface area contributed by atoms with Gasteiger partial charge in [0.2, 0.25) is 5.91 Å². The lowest BCUT2D eigenvalue weighted by Gasteiger charge is -2.32. The Labute approximate surface area is 169 Å². The first-order valence-electron chi connectivity index (χ1n) is 9.71. The second-order valence-electron chi connectivity index (χ2n) is 8.35. The number of ether oxygens (including phenoxy) is 1. The largest absolute Gasteiger partial charge is 0.491 e. The van der Waals surface area contributed by atoms with E-state index in [4.69, 9.17) is 4.74 Å². The number of nitrogens with one attached hydrogen (secondary N) is 1. The summed E-state index contributed by atoms with van der Waals surface area (Å²) in [5, 5.41) is 2.91. The van der Waals surface area contributed by atoms with Crippen molar-refractivity contribution in [2.45, 2.75) is 39.0 Å². The first-order valence-corrected chi connectivity index (χ1v) is 11.1. The molecule has 1 aromatic rings. The molecule has 158 valence electrons. The lowest BCUT2D eigenvalue weighted by Crippen LogP contribution is -2.47. The molecular formula is C20H33N3O4S. The van der Waals surface area contributed by atoms with Gasteiger partial charge in [0.05, 0.1) is 6.54 Å². The van der Waals surface area contributed by atoms with E-state index in [1.165, 1.54) is 22.7 Å². The van der Waals surface area contributed by atoms with Crippen LogP contribution in [-0.2, 0) is 20.4 Å². The van der Waals surface area contributed by atoms with Crippen LogP contribution in [0.5, 0.6) is 5.75 Å². The quantitative estimate of drug-likeness (QED) is 0.696. The van der Waals surface area contributed by atoms with Gasteiger partial charge in [-0.25, -0.2) is 0 Å². The molecule has 1 aliphatic heterocycles. The van der Waals surface area contributed by atoms with E-state index in [0.717, 1.165) is 11.3 Å². The van der Waals surface area contributed by atoms with E-state index >= 15 is 0 Å². The van der Waals surface area contributed by atoms with Crippen molar-refractivity contribution in [3.05, 3.63) is 29.8 Å². The Morgan fingerprint density at radius 3 is 2.39 bits per heavy atom. The van der Waals surface area contributed by atoms with Crippen LogP contribution in [0.15, 0.2) is 24.3 Å². The maximum atomic E-state index is 12.4. The molecule has 1 aromatic carbocycles. The predicted molar refractivity (Wildman–Crippen MR) is 111 cm³/mol. The fourth-order valence-corrected chi connectivity index (χ4v) is 4.41. The molecule has 8 heteroatoms. The van der Waals surface area contributed by atoms with Crippen molar-refractivity contribution in [1.82, 2.24) is 13.9 Å². The molecule has 1 heterocycles. The molecular weight excluding hydrogens is 378 g/mol. The first kappa shape index (κ1) is 22.6. The normalized spacial score (nSPS) is 16.9. The van der Waals surface area contributed by atoms with Gasteiger partial charge in [0, 0.05) is 33.1 Å². The standard InChI is InChI=1S/C20H33N3O4S/c1-20(2,3)17-8-6-7-9-18(17)27-15-12-21-19(24)16-10-13-23(14-11-16)28(25,26)22(4)5/h6-9,16H,10-15H2,1-5H3,(H,21,24). The summed E-state index contributed by atoms with van der Waals surface area (Å²) in [6, 6.07) is 7.95. The fourth-order valence-electron chi connectivity index (χ4n) is 3.27. The van der Waals surface area contributed by atoms with Gasteiger partial charge in [0.25, 0.3) is 10.2 Å². The topological polar surface area (TPSA) is 79.0 Å². The zero-order chi connectivity index (χ0) is 20.9. The number of carbonyl (C=O) groups is 1. The molecule has 0 atom stereocenters. The molecule has 1 aliphatic rings. The van der Waals surface area contributed by atoms with Gasteiger partial charge in [-0.05, 0) is 29.9 Å². The molecule has 1 amide bonds. The number of carbonyl (C=O) groups excluding carboxylic acids is 1. The molecule has 0 aromatic heterocycles. The maximum Gasteiger partial charge on any atom is 0.281 e. The summed E-state index contributed by atoms with van der Waals surface area (Å²) in [6.07, 6.45) is 1.07. The van der Waals surface area contributed by atoms with Crippen molar-refractivity contribution in [2.75, 3.05) is 40.3 Å². The van der Waals surface area contributed by atoms with Crippen molar-refractivity contribution in [3.8, 4) is 5.75 Å². The van der Waals surface area contributed by atoms with Crippen molar-refractivity contribution in [2.24, 2.45) is 5.92 Å². The van der Waals surface area contributed by atoms with E-state index in [2.05, 4.69) is 32.2 Å². The minimum absolute atomic E-state index is 0.0132. The Balaban J connectivity index is 1.78. The summed E-state index contributed by atoms with van der Waals surface area (Å²) in [7, 11) is -0.362. The number of para-hydroxylation sites is 1. The molecule has 0 bridgehead atoms. The average Bonchev–Trinajstić information content (AvgIpc) is 2.64. The third kappa shape index (κ3) is 5.68. The van der Waals surface area contributed by atoms with Crippen molar-refractivity contribution >= 4 is 16.1 Å². The predicted octanol–water partition coefficient (Wildman–Crippen LogP) is 2.00. The Kier molecular flexibility index (Phi) is 7.47. The van der Waals surface area contributed by atoms with Gasteiger partial charge in [-0.3, -0.25) is 4.79 Å². The molecule has 1 N–H and O–H groups in total. The number of hydrogen-bond donors (Lipinski definition) is 1. The van der Waals surface area contributed by atoms with Gasteiger partial charge >= 0.3 is 0 Å². The van der Waals surface area contributed by atoms with Crippen LogP contribution in [0, 0.1) is 5.92 Å². The molecule has 0 spiro atoms. The Bertz CT molecular complexity index is 764. The third-order valence-corrected chi connectivity index (χ3v) is 6.91. The van der Waals surface area contributed by atoms with E-state index < -0.39 is 10.2 Å². The van der Waals surface area contributed by atoms with Gasteiger partial charge in [-0.15, -0.1) is 0 Å². The average molecular weight is 412 g/mol. The third-order valence-electron chi connectivity index (χ3n) is 4.97. The second kappa shape index (κ2) is 9.24. The smallest absolute Gasteiger partial charge is 0.281 e. The zero-order valence-corrected chi connectivity index (χ0v) is 18.4. The summed E-state index contributed by atoms with van der Waals surface area (Å²) in [6.45, 7) is 7.97. The van der Waals surface area contributed by atoms with E-state index in [1.807, 2.05) is 18.2 Å². The summed E-state index contributed by atoms with van der Waals surface area (Å²) in [5.74, 6) is 0.650. The molecule has 1 saturated heterocycles. The van der Waals surface area contributed by atoms with E-state index in [0.29, 0.717) is 39.1 Å². The number of nitrogens with zero attached hydrogens (tertiary/aromatic N) is 2. The van der Waals surface area contributed by atoms with Crippen LogP contribution in [0.3, 0.4) is 0 Å². The van der Waals surface area contributed by atoms with Gasteiger partial charge in [-0.2, -0.15) is 17.0 Å². The number of benzene rings is 1. The molecule has 7 nitrogen and oxygen atoms in total. The Morgan fingerprint density at radius 2 is 1.82 bits per heavy atom. The first-order chi connectivity index (χ1) is 13.0. The van der Waals surface area contributed by atoms with Crippen LogP contribution in [0.2, 0.25) is 0 Å². The minimum Gasteiger partial charge on any atom is -0.491 e. The van der Waals surface area contributed by atoms with Crippen LogP contribution < -0.4 is 10.1 Å². The fraction of sp³-hybridized carbons (Fsp3) is 0.650. The molecule has 2 rings (SSSR count). The monoisotopic (exact) mass is 411 g/mol. The van der Waals surface area contributed by atoms with Crippen molar-refractivity contribution < 1.29 is 17.9 Å². The number of amides is 1. The number of piperidine rings is 1. The second-order valence-corrected chi connectivity index (χ2v) is 10.5. The van der Waals surface area contributed by atoms with E-state index in [1.54, 1.807) is 0 Å². The molecule has 0 aliphatic carbocycles. The highest BCUT2D eigenvalue weighted by Gasteiger charge is 2.32. The summed E-state index contributed by atoms with van der Waals surface area (Å²) >= 11 is 0. The maximum absolute atomic E-state index is 12.4. The summed E-state index contributed by atoms with van der Waals surface area (Å²) < 4.78 is 32.8. The molecule has 0 radical (unpaired) electrons. The van der Waals surface area contributed by atoms with Crippen molar-refractivity contribution in [1.29, 1.82) is 0 Å². The molecule has 0 unspecified atom stereocenters. The van der Waals surface area contributed by atoms with Gasteiger partial charge < -0.3 is 10.1 Å². The Morgan fingerprint density at radius 1 is 1.21 bits per heavy atom. The van der Waals surface area contributed by atoms with Crippen LogP contribution >= 0.6 is 0 Å². The van der Waals surface area contributed by atoms with Crippen LogP contribution in [0.25, 0.3) is 0 Å².